The maximum Gasteiger partial charge on any atom is 0.241 e. The molecule has 0 saturated carbocycles. The Labute approximate surface area is 162 Å². The number of amides is 1. The molecule has 3 aromatic rings. The van der Waals surface area contributed by atoms with Gasteiger partial charge in [0.2, 0.25) is 5.91 Å². The van der Waals surface area contributed by atoms with E-state index in [0.717, 1.165) is 23.0 Å². The Morgan fingerprint density at radius 3 is 2.21 bits per heavy atom. The molecule has 3 N–H and O–H groups in total. The van der Waals surface area contributed by atoms with Crippen molar-refractivity contribution in [3.8, 4) is 0 Å². The van der Waals surface area contributed by atoms with Gasteiger partial charge in [0.1, 0.15) is 0 Å². The lowest BCUT2D eigenvalue weighted by Crippen LogP contribution is -2.32. The Kier molecular flexibility index (Phi) is 9.11. The molecule has 1 unspecified atom stereocenters. The van der Waals surface area contributed by atoms with Gasteiger partial charge in [-0.15, -0.1) is 0 Å². The molecule has 4 nitrogen and oxygen atoms in total. The Hall–Kier alpha value is -2.93. The first-order valence-corrected chi connectivity index (χ1v) is 8.80. The first-order valence-electron chi connectivity index (χ1n) is 8.80. The van der Waals surface area contributed by atoms with Crippen molar-refractivity contribution in [2.24, 2.45) is 5.73 Å². The van der Waals surface area contributed by atoms with Crippen molar-refractivity contribution >= 4 is 22.5 Å². The number of nitrogens with one attached hydrogen (secondary N) is 1. The minimum absolute atomic E-state index is 0.211. The molecular weight excluding hydrogens is 367 g/mol. The molecule has 150 valence electrons. The largest absolute Gasteiger partial charge is 0.323 e. The summed E-state index contributed by atoms with van der Waals surface area (Å²) in [6.07, 6.45) is 1.63. The fourth-order valence-electron chi connectivity index (χ4n) is 2.08. The fourth-order valence-corrected chi connectivity index (χ4v) is 2.08. The normalized spacial score (nSPS) is 10.9. The van der Waals surface area contributed by atoms with Gasteiger partial charge in [-0.1, -0.05) is 32.0 Å². The van der Waals surface area contributed by atoms with E-state index in [4.69, 9.17) is 5.73 Å². The molecule has 1 atom stereocenters. The summed E-state index contributed by atoms with van der Waals surface area (Å²) in [5.74, 6) is -3.90. The molecular formula is C21H24F3N3O. The molecule has 0 aliphatic heterocycles. The quantitative estimate of drug-likeness (QED) is 0.607. The Morgan fingerprint density at radius 1 is 1.07 bits per heavy atom. The Bertz CT molecular complexity index is 907. The highest BCUT2D eigenvalue weighted by atomic mass is 19.2. The van der Waals surface area contributed by atoms with Crippen LogP contribution in [0.1, 0.15) is 26.3 Å². The average Bonchev–Trinajstić information content (AvgIpc) is 2.68. The lowest BCUT2D eigenvalue weighted by molar-refractivity contribution is -0.117. The number of rotatable bonds is 2. The van der Waals surface area contributed by atoms with Crippen LogP contribution in [0.2, 0.25) is 0 Å². The van der Waals surface area contributed by atoms with Crippen LogP contribution in [0.25, 0.3) is 10.9 Å². The van der Waals surface area contributed by atoms with Crippen LogP contribution >= 0.6 is 0 Å². The van der Waals surface area contributed by atoms with Gasteiger partial charge in [0.15, 0.2) is 17.5 Å². The van der Waals surface area contributed by atoms with E-state index >= 15 is 0 Å². The number of aromatic nitrogens is 1. The van der Waals surface area contributed by atoms with Crippen molar-refractivity contribution in [3.05, 3.63) is 71.7 Å². The van der Waals surface area contributed by atoms with Crippen LogP contribution in [-0.4, -0.2) is 16.9 Å². The predicted molar refractivity (Wildman–Crippen MR) is 106 cm³/mol. The second kappa shape index (κ2) is 11.0. The summed E-state index contributed by atoms with van der Waals surface area (Å²) in [7, 11) is 0. The average molecular weight is 391 g/mol. The summed E-state index contributed by atoms with van der Waals surface area (Å²) in [6, 6.07) is 11.0. The van der Waals surface area contributed by atoms with Gasteiger partial charge >= 0.3 is 0 Å². The third-order valence-electron chi connectivity index (χ3n) is 3.40. The van der Waals surface area contributed by atoms with Crippen LogP contribution < -0.4 is 11.1 Å². The molecule has 0 fully saturated rings. The summed E-state index contributed by atoms with van der Waals surface area (Å²) in [5, 5.41) is 3.70. The van der Waals surface area contributed by atoms with Crippen molar-refractivity contribution in [3.63, 3.8) is 0 Å². The standard InChI is InChI=1S/C12H13N3O.C7H5F3.C2H6/c1-8(13)12(16)15-10-6-9-4-2-3-5-11(9)14-7-10;1-4-2-5(8)7(10)6(9)3-4;1-2/h2-8H,13H2,1H3,(H,15,16);2-3H,1H3;1-2H3. The molecule has 3 rings (SSSR count). The summed E-state index contributed by atoms with van der Waals surface area (Å²) >= 11 is 0. The van der Waals surface area contributed by atoms with Crippen LogP contribution in [0, 0.1) is 24.4 Å². The molecule has 0 bridgehead atoms. The molecule has 28 heavy (non-hydrogen) atoms. The van der Waals surface area contributed by atoms with E-state index in [0.29, 0.717) is 11.3 Å². The number of carbonyl (C=O) groups excluding carboxylic acids is 1. The summed E-state index contributed by atoms with van der Waals surface area (Å²) in [4.78, 5) is 15.6. The van der Waals surface area contributed by atoms with Gasteiger partial charge in [-0.05, 0) is 43.7 Å². The van der Waals surface area contributed by atoms with E-state index in [1.54, 1.807) is 13.1 Å². The summed E-state index contributed by atoms with van der Waals surface area (Å²) in [5.41, 5.74) is 7.41. The SMILES string of the molecule is CC.CC(N)C(=O)Nc1cnc2ccccc2c1.Cc1cc(F)c(F)c(F)c1. The zero-order valence-electron chi connectivity index (χ0n) is 16.3. The number of halogens is 3. The van der Waals surface area contributed by atoms with Crippen LogP contribution in [0.3, 0.4) is 0 Å². The molecule has 0 saturated heterocycles. The van der Waals surface area contributed by atoms with E-state index in [-0.39, 0.29) is 5.91 Å². The zero-order valence-corrected chi connectivity index (χ0v) is 16.3. The Morgan fingerprint density at radius 2 is 1.64 bits per heavy atom. The van der Waals surface area contributed by atoms with Gasteiger partial charge < -0.3 is 11.1 Å². The molecule has 0 spiro atoms. The summed E-state index contributed by atoms with van der Waals surface area (Å²) < 4.78 is 36.6. The van der Waals surface area contributed by atoms with Gasteiger partial charge in [0, 0.05) is 5.39 Å². The van der Waals surface area contributed by atoms with Gasteiger partial charge in [-0.2, -0.15) is 0 Å². The van der Waals surface area contributed by atoms with Gasteiger partial charge in [-0.25, -0.2) is 13.2 Å². The molecule has 0 aliphatic rings. The number of fused-ring (bicyclic) bond motifs is 1. The van der Waals surface area contributed by atoms with Crippen molar-refractivity contribution in [1.82, 2.24) is 4.98 Å². The second-order valence-electron chi connectivity index (χ2n) is 5.74. The molecule has 0 radical (unpaired) electrons. The number of para-hydroxylation sites is 1. The van der Waals surface area contributed by atoms with Crippen molar-refractivity contribution in [2.45, 2.75) is 33.7 Å². The molecule has 0 aliphatic carbocycles. The highest BCUT2D eigenvalue weighted by Gasteiger charge is 2.08. The fraction of sp³-hybridized carbons (Fsp3) is 0.238. The van der Waals surface area contributed by atoms with Crippen LogP contribution in [0.15, 0.2) is 48.7 Å². The second-order valence-corrected chi connectivity index (χ2v) is 5.74. The van der Waals surface area contributed by atoms with Crippen LogP contribution in [-0.2, 0) is 4.79 Å². The lowest BCUT2D eigenvalue weighted by Gasteiger charge is -2.07. The van der Waals surface area contributed by atoms with Crippen LogP contribution in [0.5, 0.6) is 0 Å². The first-order chi connectivity index (χ1) is 13.3. The topological polar surface area (TPSA) is 68.0 Å². The highest BCUT2D eigenvalue weighted by Crippen LogP contribution is 2.16. The number of nitrogens with zero attached hydrogens (tertiary/aromatic N) is 1. The first kappa shape index (κ1) is 23.1. The minimum Gasteiger partial charge on any atom is -0.323 e. The monoisotopic (exact) mass is 391 g/mol. The zero-order chi connectivity index (χ0) is 21.3. The van der Waals surface area contributed by atoms with Crippen LogP contribution in [0.4, 0.5) is 18.9 Å². The molecule has 2 aromatic carbocycles. The highest BCUT2D eigenvalue weighted by molar-refractivity contribution is 5.95. The minimum atomic E-state index is -1.41. The third kappa shape index (κ3) is 6.66. The number of benzene rings is 2. The smallest absolute Gasteiger partial charge is 0.241 e. The van der Waals surface area contributed by atoms with E-state index in [2.05, 4.69) is 10.3 Å². The van der Waals surface area contributed by atoms with Gasteiger partial charge in [0.05, 0.1) is 23.4 Å². The lowest BCUT2D eigenvalue weighted by atomic mass is 10.2. The summed E-state index contributed by atoms with van der Waals surface area (Å²) in [6.45, 7) is 7.13. The van der Waals surface area contributed by atoms with E-state index in [1.165, 1.54) is 6.92 Å². The van der Waals surface area contributed by atoms with Crippen molar-refractivity contribution in [2.75, 3.05) is 5.32 Å². The van der Waals surface area contributed by atoms with E-state index in [1.807, 2.05) is 44.2 Å². The van der Waals surface area contributed by atoms with Gasteiger partial charge in [0.25, 0.3) is 0 Å². The molecule has 1 amide bonds. The predicted octanol–water partition coefficient (Wildman–Crippen LogP) is 4.96. The van der Waals surface area contributed by atoms with Gasteiger partial charge in [-0.3, -0.25) is 9.78 Å². The maximum absolute atomic E-state index is 12.2. The third-order valence-corrected chi connectivity index (χ3v) is 3.40. The Balaban J connectivity index is 0.000000281. The number of pyridine rings is 1. The number of aryl methyl sites for hydroxylation is 1. The molecule has 1 aromatic heterocycles. The number of hydrogen-bond acceptors (Lipinski definition) is 3. The number of anilines is 1. The number of hydrogen-bond donors (Lipinski definition) is 2. The maximum atomic E-state index is 12.2. The van der Waals surface area contributed by atoms with Crippen molar-refractivity contribution in [1.29, 1.82) is 0 Å². The van der Waals surface area contributed by atoms with Crippen molar-refractivity contribution < 1.29 is 18.0 Å². The molecule has 1 heterocycles. The van der Waals surface area contributed by atoms with E-state index in [9.17, 15) is 18.0 Å². The number of carbonyl (C=O) groups is 1. The number of nitrogens with two attached hydrogens (primary N) is 1. The van der Waals surface area contributed by atoms with E-state index < -0.39 is 23.5 Å². The molecule has 7 heteroatoms.